The summed E-state index contributed by atoms with van der Waals surface area (Å²) >= 11 is 0. The molecule has 0 atom stereocenters. The normalized spacial score (nSPS) is 11.0. The lowest BCUT2D eigenvalue weighted by Gasteiger charge is -2.04. The summed E-state index contributed by atoms with van der Waals surface area (Å²) in [7, 11) is 3.60. The van der Waals surface area contributed by atoms with E-state index in [0.29, 0.717) is 26.4 Å². The SMILES string of the molecule is CNCc1coc(COCCOCCCOC)c1. The average Bonchev–Trinajstić information content (AvgIpc) is 2.81. The van der Waals surface area contributed by atoms with Crippen LogP contribution in [0.3, 0.4) is 0 Å². The van der Waals surface area contributed by atoms with E-state index >= 15 is 0 Å². The van der Waals surface area contributed by atoms with Crippen LogP contribution < -0.4 is 5.32 Å². The Balaban J connectivity index is 1.96. The van der Waals surface area contributed by atoms with Gasteiger partial charge in [-0.3, -0.25) is 0 Å². The smallest absolute Gasteiger partial charge is 0.129 e. The molecule has 1 rings (SSSR count). The summed E-state index contributed by atoms with van der Waals surface area (Å²) in [6.07, 6.45) is 2.67. The topological polar surface area (TPSA) is 52.9 Å². The minimum Gasteiger partial charge on any atom is -0.467 e. The monoisotopic (exact) mass is 257 g/mol. The first-order valence-electron chi connectivity index (χ1n) is 6.22. The molecule has 0 fully saturated rings. The fourth-order valence-corrected chi connectivity index (χ4v) is 1.50. The van der Waals surface area contributed by atoms with E-state index in [1.54, 1.807) is 13.4 Å². The van der Waals surface area contributed by atoms with Crippen LogP contribution in [0.5, 0.6) is 0 Å². The maximum Gasteiger partial charge on any atom is 0.129 e. The van der Waals surface area contributed by atoms with Gasteiger partial charge in [-0.15, -0.1) is 0 Å². The van der Waals surface area contributed by atoms with Gasteiger partial charge in [0.2, 0.25) is 0 Å². The number of methoxy groups -OCH3 is 1. The van der Waals surface area contributed by atoms with Crippen LogP contribution in [-0.2, 0) is 27.4 Å². The van der Waals surface area contributed by atoms with E-state index in [2.05, 4.69) is 5.32 Å². The maximum absolute atomic E-state index is 5.45. The molecule has 0 saturated heterocycles. The van der Waals surface area contributed by atoms with Crippen molar-refractivity contribution in [1.29, 1.82) is 0 Å². The summed E-state index contributed by atoms with van der Waals surface area (Å²) in [5.74, 6) is 0.847. The Labute approximate surface area is 108 Å². The molecule has 0 spiro atoms. The summed E-state index contributed by atoms with van der Waals surface area (Å²) < 4.78 is 21.1. The van der Waals surface area contributed by atoms with Gasteiger partial charge in [0.15, 0.2) is 0 Å². The highest BCUT2D eigenvalue weighted by Crippen LogP contribution is 2.08. The highest BCUT2D eigenvalue weighted by atomic mass is 16.5. The Morgan fingerprint density at radius 2 is 2.00 bits per heavy atom. The highest BCUT2D eigenvalue weighted by molar-refractivity contribution is 5.11. The van der Waals surface area contributed by atoms with Crippen LogP contribution in [-0.4, -0.2) is 40.6 Å². The summed E-state index contributed by atoms with van der Waals surface area (Å²) in [6.45, 7) is 3.94. The van der Waals surface area contributed by atoms with E-state index in [0.717, 1.165) is 30.9 Å². The van der Waals surface area contributed by atoms with Gasteiger partial charge in [0.1, 0.15) is 12.4 Å². The Morgan fingerprint density at radius 3 is 2.78 bits per heavy atom. The highest BCUT2D eigenvalue weighted by Gasteiger charge is 2.01. The van der Waals surface area contributed by atoms with Crippen molar-refractivity contribution in [3.05, 3.63) is 23.7 Å². The summed E-state index contributed by atoms with van der Waals surface area (Å²) in [4.78, 5) is 0. The lowest BCUT2D eigenvalue weighted by atomic mass is 10.3. The van der Waals surface area contributed by atoms with Crippen molar-refractivity contribution in [1.82, 2.24) is 5.32 Å². The number of hydrogen-bond donors (Lipinski definition) is 1. The molecule has 0 aliphatic heterocycles. The van der Waals surface area contributed by atoms with Crippen LogP contribution >= 0.6 is 0 Å². The molecule has 0 aromatic carbocycles. The lowest BCUT2D eigenvalue weighted by Crippen LogP contribution is -2.06. The van der Waals surface area contributed by atoms with Crippen molar-refractivity contribution in [3.63, 3.8) is 0 Å². The number of furan rings is 1. The van der Waals surface area contributed by atoms with Crippen molar-refractivity contribution in [2.75, 3.05) is 40.6 Å². The third-order valence-corrected chi connectivity index (χ3v) is 2.34. The van der Waals surface area contributed by atoms with Crippen LogP contribution in [0.25, 0.3) is 0 Å². The third-order valence-electron chi connectivity index (χ3n) is 2.34. The van der Waals surface area contributed by atoms with Crippen LogP contribution in [0.2, 0.25) is 0 Å². The maximum atomic E-state index is 5.45. The summed E-state index contributed by atoms with van der Waals surface area (Å²) in [5.41, 5.74) is 1.13. The van der Waals surface area contributed by atoms with E-state index in [-0.39, 0.29) is 0 Å². The fourth-order valence-electron chi connectivity index (χ4n) is 1.50. The van der Waals surface area contributed by atoms with Gasteiger partial charge in [0.25, 0.3) is 0 Å². The molecule has 0 aliphatic rings. The van der Waals surface area contributed by atoms with Crippen molar-refractivity contribution < 1.29 is 18.6 Å². The molecule has 0 radical (unpaired) electrons. The van der Waals surface area contributed by atoms with E-state index in [1.807, 2.05) is 13.1 Å². The molecule has 0 unspecified atom stereocenters. The third kappa shape index (κ3) is 6.76. The molecule has 0 saturated carbocycles. The van der Waals surface area contributed by atoms with Crippen LogP contribution in [0.1, 0.15) is 17.7 Å². The van der Waals surface area contributed by atoms with Crippen LogP contribution in [0.15, 0.2) is 16.7 Å². The van der Waals surface area contributed by atoms with E-state index in [9.17, 15) is 0 Å². The van der Waals surface area contributed by atoms with Crippen molar-refractivity contribution in [2.45, 2.75) is 19.6 Å². The zero-order valence-corrected chi connectivity index (χ0v) is 11.2. The average molecular weight is 257 g/mol. The first-order chi connectivity index (χ1) is 8.86. The van der Waals surface area contributed by atoms with Gasteiger partial charge in [-0.05, 0) is 19.5 Å². The van der Waals surface area contributed by atoms with E-state index in [1.165, 1.54) is 0 Å². The first-order valence-corrected chi connectivity index (χ1v) is 6.22. The van der Waals surface area contributed by atoms with Crippen molar-refractivity contribution in [3.8, 4) is 0 Å². The largest absolute Gasteiger partial charge is 0.467 e. The molecule has 5 nitrogen and oxygen atoms in total. The first kappa shape index (κ1) is 15.2. The van der Waals surface area contributed by atoms with Gasteiger partial charge in [0.05, 0.1) is 19.5 Å². The molecule has 0 bridgehead atoms. The van der Waals surface area contributed by atoms with Gasteiger partial charge in [-0.2, -0.15) is 0 Å². The summed E-state index contributed by atoms with van der Waals surface area (Å²) in [5, 5.41) is 3.07. The van der Waals surface area contributed by atoms with Crippen LogP contribution in [0, 0.1) is 0 Å². The Kier molecular flexibility index (Phi) is 8.50. The number of rotatable bonds is 11. The molecule has 1 heterocycles. The minimum atomic E-state index is 0.491. The second-order valence-electron chi connectivity index (χ2n) is 3.96. The molecular formula is C13H23NO4. The summed E-state index contributed by atoms with van der Waals surface area (Å²) in [6, 6.07) is 2.00. The molecule has 1 N–H and O–H groups in total. The fraction of sp³-hybridized carbons (Fsp3) is 0.692. The molecule has 0 aliphatic carbocycles. The Bertz CT molecular complexity index is 301. The molecule has 18 heavy (non-hydrogen) atoms. The van der Waals surface area contributed by atoms with Gasteiger partial charge in [0, 0.05) is 32.4 Å². The predicted octanol–water partition coefficient (Wildman–Crippen LogP) is 1.57. The van der Waals surface area contributed by atoms with Gasteiger partial charge in [-0.25, -0.2) is 0 Å². The zero-order chi connectivity index (χ0) is 13.1. The standard InChI is InChI=1S/C13H23NO4/c1-14-9-12-8-13(18-10-12)11-17-7-6-16-5-3-4-15-2/h8,10,14H,3-7,9,11H2,1-2H3. The second-order valence-corrected chi connectivity index (χ2v) is 3.96. The van der Waals surface area contributed by atoms with Crippen molar-refractivity contribution in [2.24, 2.45) is 0 Å². The molecular weight excluding hydrogens is 234 g/mol. The number of nitrogens with one attached hydrogen (secondary N) is 1. The number of hydrogen-bond acceptors (Lipinski definition) is 5. The van der Waals surface area contributed by atoms with Gasteiger partial charge >= 0.3 is 0 Å². The quantitative estimate of drug-likeness (QED) is 0.610. The van der Waals surface area contributed by atoms with Crippen molar-refractivity contribution >= 4 is 0 Å². The zero-order valence-electron chi connectivity index (χ0n) is 11.2. The molecule has 1 aromatic rings. The lowest BCUT2D eigenvalue weighted by molar-refractivity contribution is 0.0287. The molecule has 104 valence electrons. The minimum absolute atomic E-state index is 0.491. The van der Waals surface area contributed by atoms with Crippen LogP contribution in [0.4, 0.5) is 0 Å². The second kappa shape index (κ2) is 10.1. The number of ether oxygens (including phenoxy) is 3. The Morgan fingerprint density at radius 1 is 1.17 bits per heavy atom. The van der Waals surface area contributed by atoms with E-state index < -0.39 is 0 Å². The predicted molar refractivity (Wildman–Crippen MR) is 68.4 cm³/mol. The molecule has 0 amide bonds. The Hall–Kier alpha value is -0.880. The van der Waals surface area contributed by atoms with E-state index in [4.69, 9.17) is 18.6 Å². The van der Waals surface area contributed by atoms with Gasteiger partial charge in [-0.1, -0.05) is 0 Å². The molecule has 5 heteroatoms. The van der Waals surface area contributed by atoms with Gasteiger partial charge < -0.3 is 23.9 Å². The molecule has 1 aromatic heterocycles.